The zero-order valence-corrected chi connectivity index (χ0v) is 17.7. The number of halogens is 3. The van der Waals surface area contributed by atoms with Gasteiger partial charge in [0.2, 0.25) is 0 Å². The first-order valence-corrected chi connectivity index (χ1v) is 10.2. The van der Waals surface area contributed by atoms with Crippen LogP contribution in [-0.2, 0) is 4.79 Å². The number of rotatable bonds is 5. The van der Waals surface area contributed by atoms with E-state index in [0.29, 0.717) is 21.7 Å². The van der Waals surface area contributed by atoms with Gasteiger partial charge in [-0.1, -0.05) is 23.2 Å². The highest BCUT2D eigenvalue weighted by Gasteiger charge is 2.42. The summed E-state index contributed by atoms with van der Waals surface area (Å²) in [5.41, 5.74) is 0.891. The van der Waals surface area contributed by atoms with Gasteiger partial charge in [0, 0.05) is 28.6 Å². The molecule has 0 aliphatic carbocycles. The summed E-state index contributed by atoms with van der Waals surface area (Å²) in [6.07, 6.45) is 2.35. The third-order valence-corrected chi connectivity index (χ3v) is 6.16. The molecule has 3 saturated heterocycles. The Labute approximate surface area is 181 Å². The van der Waals surface area contributed by atoms with Gasteiger partial charge in [-0.2, -0.15) is 0 Å². The number of anilines is 1. The normalized spacial score (nSPS) is 23.0. The molecule has 1 N–H and O–H groups in total. The van der Waals surface area contributed by atoms with Gasteiger partial charge in [0.05, 0.1) is 25.7 Å². The van der Waals surface area contributed by atoms with E-state index in [1.807, 2.05) is 29.2 Å². The van der Waals surface area contributed by atoms with Crippen LogP contribution in [0.5, 0.6) is 5.75 Å². The number of carbonyl (C=O) groups excluding carboxylic acids is 1. The first-order chi connectivity index (χ1) is 13.1. The van der Waals surface area contributed by atoms with Crippen molar-refractivity contribution < 1.29 is 26.8 Å². The molecule has 5 rings (SSSR count). The lowest BCUT2D eigenvalue weighted by molar-refractivity contribution is -0.917. The molecule has 1 atom stereocenters. The number of amides is 1. The SMILES string of the molecule is O=C(COc1ccc(Cl)cc1)N(c1ccc(Cl)cc1)C1C[NH+]2CCC1CC2.[Cl-]. The summed E-state index contributed by atoms with van der Waals surface area (Å²) in [6, 6.07) is 14.8. The van der Waals surface area contributed by atoms with Crippen LogP contribution in [0.2, 0.25) is 10.0 Å². The molecule has 150 valence electrons. The predicted octanol–water partition coefficient (Wildman–Crippen LogP) is 0.0865. The van der Waals surface area contributed by atoms with Crippen LogP contribution in [0, 0.1) is 5.92 Å². The Morgan fingerprint density at radius 2 is 1.57 bits per heavy atom. The van der Waals surface area contributed by atoms with Crippen molar-refractivity contribution in [2.45, 2.75) is 18.9 Å². The van der Waals surface area contributed by atoms with Crippen LogP contribution >= 0.6 is 23.2 Å². The standard InChI is InChI=1S/C21H22Cl2N2O2.ClH/c22-16-1-5-18(6-2-16)25(20-13-24-11-9-15(20)10-12-24)21(26)14-27-19-7-3-17(23)4-8-19;/h1-8,15,20H,9-14H2;1H. The Morgan fingerprint density at radius 3 is 2.11 bits per heavy atom. The van der Waals surface area contributed by atoms with Crippen molar-refractivity contribution in [3.05, 3.63) is 58.6 Å². The molecule has 2 aromatic carbocycles. The first-order valence-electron chi connectivity index (χ1n) is 9.40. The summed E-state index contributed by atoms with van der Waals surface area (Å²) >= 11 is 12.0. The summed E-state index contributed by atoms with van der Waals surface area (Å²) in [5.74, 6) is 1.17. The van der Waals surface area contributed by atoms with Gasteiger partial charge in [-0.15, -0.1) is 0 Å². The molecule has 0 radical (unpaired) electrons. The number of fused-ring (bicyclic) bond motifs is 3. The Balaban J connectivity index is 0.00000225. The molecule has 0 spiro atoms. The molecular weight excluding hydrogens is 419 g/mol. The third-order valence-electron chi connectivity index (χ3n) is 5.66. The number of piperidine rings is 3. The van der Waals surface area contributed by atoms with Crippen LogP contribution in [0.4, 0.5) is 5.69 Å². The average Bonchev–Trinajstić information content (AvgIpc) is 2.70. The van der Waals surface area contributed by atoms with Crippen molar-refractivity contribution in [1.29, 1.82) is 0 Å². The molecule has 7 heteroatoms. The molecule has 3 aliphatic rings. The highest BCUT2D eigenvalue weighted by atomic mass is 35.5. The van der Waals surface area contributed by atoms with Gasteiger partial charge in [-0.3, -0.25) is 4.79 Å². The highest BCUT2D eigenvalue weighted by Crippen LogP contribution is 2.29. The molecule has 1 amide bonds. The maximum absolute atomic E-state index is 13.2. The molecule has 2 bridgehead atoms. The number of benzene rings is 2. The zero-order valence-electron chi connectivity index (χ0n) is 15.4. The minimum absolute atomic E-state index is 0. The quantitative estimate of drug-likeness (QED) is 0.713. The van der Waals surface area contributed by atoms with Crippen LogP contribution in [0.15, 0.2) is 48.5 Å². The van der Waals surface area contributed by atoms with E-state index >= 15 is 0 Å². The Hall–Kier alpha value is -1.46. The highest BCUT2D eigenvalue weighted by molar-refractivity contribution is 6.30. The summed E-state index contributed by atoms with van der Waals surface area (Å²) in [7, 11) is 0. The minimum atomic E-state index is -0.0228. The lowest BCUT2D eigenvalue weighted by atomic mass is 9.83. The van der Waals surface area contributed by atoms with E-state index in [1.54, 1.807) is 29.2 Å². The predicted molar refractivity (Wildman–Crippen MR) is 108 cm³/mol. The monoisotopic (exact) mass is 440 g/mol. The third kappa shape index (κ3) is 4.74. The van der Waals surface area contributed by atoms with Crippen LogP contribution in [0.3, 0.4) is 0 Å². The lowest BCUT2D eigenvalue weighted by Crippen LogP contribution is -3.17. The fourth-order valence-corrected chi connectivity index (χ4v) is 4.52. The van der Waals surface area contributed by atoms with Gasteiger partial charge >= 0.3 is 0 Å². The van der Waals surface area contributed by atoms with E-state index in [2.05, 4.69) is 0 Å². The molecule has 3 heterocycles. The van der Waals surface area contributed by atoms with Gasteiger partial charge in [-0.25, -0.2) is 0 Å². The van der Waals surface area contributed by atoms with Crippen LogP contribution < -0.4 is 26.9 Å². The maximum atomic E-state index is 13.2. The Bertz CT molecular complexity index is 790. The van der Waals surface area contributed by atoms with Crippen LogP contribution in [0.1, 0.15) is 12.8 Å². The van der Waals surface area contributed by atoms with E-state index in [1.165, 1.54) is 25.9 Å². The molecule has 28 heavy (non-hydrogen) atoms. The molecule has 3 fully saturated rings. The average molecular weight is 442 g/mol. The van der Waals surface area contributed by atoms with Crippen molar-refractivity contribution in [2.24, 2.45) is 5.92 Å². The number of nitrogens with one attached hydrogen (secondary N) is 1. The summed E-state index contributed by atoms with van der Waals surface area (Å²) in [6.45, 7) is 3.43. The van der Waals surface area contributed by atoms with Crippen molar-refractivity contribution in [2.75, 3.05) is 31.1 Å². The zero-order chi connectivity index (χ0) is 18.8. The maximum Gasteiger partial charge on any atom is 0.265 e. The van der Waals surface area contributed by atoms with Crippen molar-refractivity contribution >= 4 is 34.8 Å². The second kappa shape index (κ2) is 9.36. The van der Waals surface area contributed by atoms with E-state index in [0.717, 1.165) is 12.2 Å². The number of ether oxygens (including phenoxy) is 1. The van der Waals surface area contributed by atoms with Crippen LogP contribution in [-0.4, -0.2) is 38.2 Å². The topological polar surface area (TPSA) is 34.0 Å². The lowest BCUT2D eigenvalue weighted by Gasteiger charge is -2.46. The number of hydrogen-bond donors (Lipinski definition) is 1. The smallest absolute Gasteiger partial charge is 0.265 e. The van der Waals surface area contributed by atoms with Crippen molar-refractivity contribution in [1.82, 2.24) is 0 Å². The summed E-state index contributed by atoms with van der Waals surface area (Å²) in [5, 5.41) is 1.31. The van der Waals surface area contributed by atoms with Gasteiger partial charge in [0.25, 0.3) is 5.91 Å². The van der Waals surface area contributed by atoms with E-state index < -0.39 is 0 Å². The number of hydrogen-bond acceptors (Lipinski definition) is 2. The summed E-state index contributed by atoms with van der Waals surface area (Å²) in [4.78, 5) is 16.7. The Kier molecular flexibility index (Phi) is 7.10. The molecule has 1 unspecified atom stereocenters. The number of nitrogens with zero attached hydrogens (tertiary/aromatic N) is 1. The molecular formula is C21H23Cl3N2O2. The largest absolute Gasteiger partial charge is 1.00 e. The second-order valence-electron chi connectivity index (χ2n) is 7.34. The number of carbonyl (C=O) groups is 1. The molecule has 2 aromatic rings. The van der Waals surface area contributed by atoms with Gasteiger partial charge in [0.15, 0.2) is 6.61 Å². The Morgan fingerprint density at radius 1 is 1.00 bits per heavy atom. The van der Waals surface area contributed by atoms with E-state index in [4.69, 9.17) is 27.9 Å². The molecule has 0 aromatic heterocycles. The number of quaternary nitrogens is 1. The van der Waals surface area contributed by atoms with Gasteiger partial charge in [-0.05, 0) is 54.4 Å². The molecule has 0 saturated carbocycles. The van der Waals surface area contributed by atoms with Gasteiger partial charge in [0.1, 0.15) is 5.75 Å². The molecule has 3 aliphatic heterocycles. The van der Waals surface area contributed by atoms with E-state index in [9.17, 15) is 4.79 Å². The fraction of sp³-hybridized carbons (Fsp3) is 0.381. The van der Waals surface area contributed by atoms with E-state index in [-0.39, 0.29) is 31.0 Å². The summed E-state index contributed by atoms with van der Waals surface area (Å²) < 4.78 is 5.74. The van der Waals surface area contributed by atoms with Crippen molar-refractivity contribution in [3.8, 4) is 5.75 Å². The van der Waals surface area contributed by atoms with Crippen LogP contribution in [0.25, 0.3) is 0 Å². The minimum Gasteiger partial charge on any atom is -1.00 e. The van der Waals surface area contributed by atoms with Crippen molar-refractivity contribution in [3.63, 3.8) is 0 Å². The van der Waals surface area contributed by atoms with Gasteiger partial charge < -0.3 is 26.9 Å². The second-order valence-corrected chi connectivity index (χ2v) is 8.21. The molecule has 4 nitrogen and oxygen atoms in total. The fourth-order valence-electron chi connectivity index (χ4n) is 4.27. The first kappa shape index (κ1) is 21.3.